The van der Waals surface area contributed by atoms with E-state index in [0.29, 0.717) is 17.2 Å². The first-order valence-corrected chi connectivity index (χ1v) is 9.84. The Bertz CT molecular complexity index is 1200. The van der Waals surface area contributed by atoms with Gasteiger partial charge in [-0.25, -0.2) is 9.97 Å². The summed E-state index contributed by atoms with van der Waals surface area (Å²) in [6, 6.07) is 15.2. The highest BCUT2D eigenvalue weighted by molar-refractivity contribution is 6.07. The third-order valence-electron chi connectivity index (χ3n) is 5.17. The van der Waals surface area contributed by atoms with Gasteiger partial charge in [0.15, 0.2) is 0 Å². The number of anilines is 4. The lowest BCUT2D eigenvalue weighted by atomic mass is 10.1. The van der Waals surface area contributed by atoms with Crippen LogP contribution in [-0.4, -0.2) is 33.9 Å². The topological polar surface area (TPSA) is 83.0 Å². The van der Waals surface area contributed by atoms with Gasteiger partial charge in [-0.2, -0.15) is 0 Å². The van der Waals surface area contributed by atoms with Gasteiger partial charge in [0.25, 0.3) is 5.91 Å². The Morgan fingerprint density at radius 1 is 0.933 bits per heavy atom. The number of hydrogen-bond acceptors (Lipinski definition) is 6. The van der Waals surface area contributed by atoms with E-state index in [0.717, 1.165) is 35.2 Å². The van der Waals surface area contributed by atoms with Crippen molar-refractivity contribution in [3.05, 3.63) is 78.9 Å². The number of amides is 1. The van der Waals surface area contributed by atoms with E-state index in [1.807, 2.05) is 42.6 Å². The molecule has 7 nitrogen and oxygen atoms in total. The lowest BCUT2D eigenvalue weighted by Crippen LogP contribution is -2.36. The van der Waals surface area contributed by atoms with Gasteiger partial charge in [-0.15, -0.1) is 0 Å². The molecule has 1 aliphatic heterocycles. The highest BCUT2D eigenvalue weighted by Crippen LogP contribution is 2.24. The number of hydrogen-bond donors (Lipinski definition) is 2. The van der Waals surface area contributed by atoms with Gasteiger partial charge in [-0.1, -0.05) is 6.07 Å². The average molecular weight is 396 g/mol. The van der Waals surface area contributed by atoms with Crippen LogP contribution in [0.15, 0.2) is 73.3 Å². The Kier molecular flexibility index (Phi) is 4.69. The number of nitrogens with one attached hydrogen (secondary N) is 2. The summed E-state index contributed by atoms with van der Waals surface area (Å²) in [4.78, 5) is 28.0. The van der Waals surface area contributed by atoms with Gasteiger partial charge in [0.2, 0.25) is 0 Å². The van der Waals surface area contributed by atoms with Crippen LogP contribution in [0, 0.1) is 0 Å². The molecule has 0 saturated carbocycles. The molecular formula is C23H20N6O. The summed E-state index contributed by atoms with van der Waals surface area (Å²) in [5.41, 5.74) is 2.35. The second-order valence-corrected chi connectivity index (χ2v) is 7.16. The molecule has 3 aromatic heterocycles. The summed E-state index contributed by atoms with van der Waals surface area (Å²) in [5.74, 6) is 0.726. The van der Waals surface area contributed by atoms with E-state index >= 15 is 0 Å². The van der Waals surface area contributed by atoms with Crippen molar-refractivity contribution >= 4 is 39.7 Å². The lowest BCUT2D eigenvalue weighted by molar-refractivity contribution is 0.102. The van der Waals surface area contributed by atoms with Crippen molar-refractivity contribution in [2.75, 3.05) is 28.6 Å². The molecule has 5 rings (SSSR count). The number of nitrogens with zero attached hydrogens (tertiary/aromatic N) is 4. The van der Waals surface area contributed by atoms with E-state index in [1.165, 1.54) is 6.42 Å². The molecule has 1 amide bonds. The zero-order valence-corrected chi connectivity index (χ0v) is 16.2. The van der Waals surface area contributed by atoms with Gasteiger partial charge in [0.1, 0.15) is 11.6 Å². The summed E-state index contributed by atoms with van der Waals surface area (Å²) >= 11 is 0. The second-order valence-electron chi connectivity index (χ2n) is 7.16. The van der Waals surface area contributed by atoms with Crippen LogP contribution in [0.4, 0.5) is 23.0 Å². The largest absolute Gasteiger partial charge is 0.370 e. The van der Waals surface area contributed by atoms with Gasteiger partial charge < -0.3 is 15.5 Å². The van der Waals surface area contributed by atoms with Crippen molar-refractivity contribution in [3.8, 4) is 0 Å². The molecule has 4 aromatic rings. The fraction of sp³-hybridized carbons (Fsp3) is 0.130. The van der Waals surface area contributed by atoms with Gasteiger partial charge in [0.05, 0.1) is 17.4 Å². The van der Waals surface area contributed by atoms with Gasteiger partial charge in [0, 0.05) is 42.8 Å². The molecule has 4 heterocycles. The van der Waals surface area contributed by atoms with E-state index in [9.17, 15) is 4.79 Å². The molecule has 0 unspecified atom stereocenters. The maximum Gasteiger partial charge on any atom is 0.260 e. The van der Waals surface area contributed by atoms with Crippen LogP contribution in [-0.2, 0) is 0 Å². The second kappa shape index (κ2) is 7.79. The average Bonchev–Trinajstić information content (AvgIpc) is 2.74. The fourth-order valence-electron chi connectivity index (χ4n) is 3.39. The Hall–Kier alpha value is -4.00. The number of rotatable bonds is 5. The fourth-order valence-corrected chi connectivity index (χ4v) is 3.39. The molecular weight excluding hydrogens is 376 g/mol. The number of carbonyl (C=O) groups is 1. The van der Waals surface area contributed by atoms with Crippen LogP contribution in [0.5, 0.6) is 0 Å². The Balaban J connectivity index is 1.34. The van der Waals surface area contributed by atoms with E-state index < -0.39 is 0 Å². The number of pyridine rings is 3. The molecule has 0 aliphatic carbocycles. The number of carbonyl (C=O) groups excluding carboxylic acids is 1. The molecule has 0 bridgehead atoms. The van der Waals surface area contributed by atoms with Crippen molar-refractivity contribution in [1.82, 2.24) is 15.0 Å². The summed E-state index contributed by atoms with van der Waals surface area (Å²) in [5, 5.41) is 8.21. The summed E-state index contributed by atoms with van der Waals surface area (Å²) in [7, 11) is 0. The summed E-state index contributed by atoms with van der Waals surface area (Å²) in [6.45, 7) is 2.12. The highest BCUT2D eigenvalue weighted by Gasteiger charge is 2.16. The third-order valence-corrected chi connectivity index (χ3v) is 5.17. The Morgan fingerprint density at radius 2 is 1.87 bits per heavy atom. The van der Waals surface area contributed by atoms with E-state index in [4.69, 9.17) is 0 Å². The van der Waals surface area contributed by atoms with Crippen molar-refractivity contribution in [1.29, 1.82) is 0 Å². The molecule has 2 N–H and O–H groups in total. The maximum atomic E-state index is 12.9. The molecule has 30 heavy (non-hydrogen) atoms. The third kappa shape index (κ3) is 3.65. The minimum Gasteiger partial charge on any atom is -0.370 e. The van der Waals surface area contributed by atoms with Crippen LogP contribution in [0.25, 0.3) is 10.8 Å². The Labute approximate surface area is 173 Å². The van der Waals surface area contributed by atoms with Crippen LogP contribution >= 0.6 is 0 Å². The molecule has 0 radical (unpaired) electrons. The maximum absolute atomic E-state index is 12.9. The van der Waals surface area contributed by atoms with Crippen molar-refractivity contribution < 1.29 is 4.79 Å². The molecule has 0 spiro atoms. The van der Waals surface area contributed by atoms with E-state index in [2.05, 4.69) is 30.5 Å². The van der Waals surface area contributed by atoms with Gasteiger partial charge in [-0.3, -0.25) is 9.78 Å². The monoisotopic (exact) mass is 396 g/mol. The van der Waals surface area contributed by atoms with Crippen LogP contribution in [0.1, 0.15) is 16.8 Å². The number of aromatic nitrogens is 3. The molecule has 1 aliphatic rings. The Morgan fingerprint density at radius 3 is 2.67 bits per heavy atom. The predicted molar refractivity (Wildman–Crippen MR) is 118 cm³/mol. The van der Waals surface area contributed by atoms with Crippen LogP contribution < -0.4 is 15.5 Å². The van der Waals surface area contributed by atoms with Crippen molar-refractivity contribution in [3.63, 3.8) is 0 Å². The first kappa shape index (κ1) is 18.1. The molecule has 1 fully saturated rings. The van der Waals surface area contributed by atoms with Crippen molar-refractivity contribution in [2.24, 2.45) is 0 Å². The standard InChI is InChI=1S/C23H20N6O/c30-23(28-21-7-6-19(15-26-21)29-11-2-12-29)20-3-1-9-25-22(20)27-18-5-4-16-8-10-24-14-17(16)13-18/h1,3-10,13-15H,2,11-12H2,(H,25,27)(H,26,28,30). The first-order valence-electron chi connectivity index (χ1n) is 9.84. The quantitative estimate of drug-likeness (QED) is 0.525. The number of benzene rings is 1. The molecule has 148 valence electrons. The van der Waals surface area contributed by atoms with Crippen LogP contribution in [0.3, 0.4) is 0 Å². The lowest BCUT2D eigenvalue weighted by Gasteiger charge is -2.32. The summed E-state index contributed by atoms with van der Waals surface area (Å²) < 4.78 is 0. The predicted octanol–water partition coefficient (Wildman–Crippen LogP) is 4.23. The van der Waals surface area contributed by atoms with Crippen LogP contribution in [0.2, 0.25) is 0 Å². The SMILES string of the molecule is O=C(Nc1ccc(N2CCC2)cn1)c1cccnc1Nc1ccc2ccncc2c1. The number of fused-ring (bicyclic) bond motifs is 1. The van der Waals surface area contributed by atoms with Gasteiger partial charge >= 0.3 is 0 Å². The zero-order chi connectivity index (χ0) is 20.3. The molecule has 0 atom stereocenters. The first-order chi connectivity index (χ1) is 14.8. The zero-order valence-electron chi connectivity index (χ0n) is 16.2. The minimum absolute atomic E-state index is 0.266. The van der Waals surface area contributed by atoms with Crippen molar-refractivity contribution in [2.45, 2.75) is 6.42 Å². The van der Waals surface area contributed by atoms with E-state index in [1.54, 1.807) is 30.7 Å². The molecule has 1 saturated heterocycles. The molecule has 1 aromatic carbocycles. The smallest absolute Gasteiger partial charge is 0.260 e. The minimum atomic E-state index is -0.266. The van der Waals surface area contributed by atoms with E-state index in [-0.39, 0.29) is 5.91 Å². The van der Waals surface area contributed by atoms with Gasteiger partial charge in [-0.05, 0) is 54.3 Å². The molecule has 7 heteroatoms. The summed E-state index contributed by atoms with van der Waals surface area (Å²) in [6.07, 6.45) is 8.23. The normalized spacial score (nSPS) is 13.0. The highest BCUT2D eigenvalue weighted by atomic mass is 16.1.